The largest absolute Gasteiger partial charge is 0.480 e. The van der Waals surface area contributed by atoms with Crippen LogP contribution in [0.15, 0.2) is 48.7 Å². The number of nitrogens with one attached hydrogen (secondary N) is 1. The first-order chi connectivity index (χ1) is 10.1. The number of carboxylic acids is 1. The van der Waals surface area contributed by atoms with Gasteiger partial charge in [0.25, 0.3) is 5.91 Å². The van der Waals surface area contributed by atoms with Crippen molar-refractivity contribution in [2.24, 2.45) is 0 Å². The Hall–Kier alpha value is -2.40. The zero-order chi connectivity index (χ0) is 15.2. The summed E-state index contributed by atoms with van der Waals surface area (Å²) in [6.07, 6.45) is 1.59. The normalized spacial score (nSPS) is 11.7. The predicted octanol–water partition coefficient (Wildman–Crippen LogP) is 2.16. The van der Waals surface area contributed by atoms with Gasteiger partial charge >= 0.3 is 5.97 Å². The number of pyridine rings is 1. The van der Waals surface area contributed by atoms with Crippen LogP contribution in [0.3, 0.4) is 0 Å². The van der Waals surface area contributed by atoms with E-state index in [1.807, 2.05) is 18.2 Å². The molecule has 5 nitrogen and oxygen atoms in total. The molecule has 1 heterocycles. The van der Waals surface area contributed by atoms with Crippen LogP contribution >= 0.6 is 11.6 Å². The summed E-state index contributed by atoms with van der Waals surface area (Å²) in [5.41, 5.74) is 0.908. The maximum absolute atomic E-state index is 12.0. The Morgan fingerprint density at radius 3 is 2.57 bits per heavy atom. The zero-order valence-electron chi connectivity index (χ0n) is 11.0. The van der Waals surface area contributed by atoms with Gasteiger partial charge in [0.2, 0.25) is 0 Å². The van der Waals surface area contributed by atoms with Gasteiger partial charge in [-0.2, -0.15) is 0 Å². The molecule has 2 aromatic rings. The van der Waals surface area contributed by atoms with E-state index in [0.29, 0.717) is 5.02 Å². The van der Waals surface area contributed by atoms with Gasteiger partial charge in [0, 0.05) is 17.6 Å². The number of aliphatic carboxylic acids is 1. The molecular formula is C15H13ClN2O3. The van der Waals surface area contributed by atoms with Gasteiger partial charge in [-0.05, 0) is 17.7 Å². The summed E-state index contributed by atoms with van der Waals surface area (Å²) in [7, 11) is 0. The summed E-state index contributed by atoms with van der Waals surface area (Å²) in [4.78, 5) is 27.2. The van der Waals surface area contributed by atoms with Crippen LogP contribution < -0.4 is 5.32 Å². The molecule has 0 aliphatic carbocycles. The highest BCUT2D eigenvalue weighted by molar-refractivity contribution is 6.30. The number of hydrogen-bond acceptors (Lipinski definition) is 3. The van der Waals surface area contributed by atoms with E-state index in [9.17, 15) is 14.7 Å². The third-order valence-corrected chi connectivity index (χ3v) is 3.08. The van der Waals surface area contributed by atoms with Crippen molar-refractivity contribution in [2.45, 2.75) is 12.5 Å². The molecule has 2 N–H and O–H groups in total. The average molecular weight is 305 g/mol. The minimum Gasteiger partial charge on any atom is -0.480 e. The standard InChI is InChI=1S/C15H13ClN2O3/c16-11-6-7-17-12(9-11)14(19)18-13(15(20)21)8-10-4-2-1-3-5-10/h1-7,9,13H,8H2,(H,18,19)(H,20,21)/t13-/m1/s1. The number of benzene rings is 1. The molecule has 21 heavy (non-hydrogen) atoms. The molecule has 0 bridgehead atoms. The smallest absolute Gasteiger partial charge is 0.326 e. The van der Waals surface area contributed by atoms with Crippen molar-refractivity contribution < 1.29 is 14.7 Å². The highest BCUT2D eigenvalue weighted by atomic mass is 35.5. The number of amides is 1. The fraction of sp³-hybridized carbons (Fsp3) is 0.133. The number of halogens is 1. The van der Waals surface area contributed by atoms with Crippen molar-refractivity contribution >= 4 is 23.5 Å². The number of carbonyl (C=O) groups excluding carboxylic acids is 1. The molecule has 0 saturated heterocycles. The minimum absolute atomic E-state index is 0.0850. The van der Waals surface area contributed by atoms with E-state index in [2.05, 4.69) is 10.3 Å². The minimum atomic E-state index is -1.10. The molecule has 0 aliphatic heterocycles. The van der Waals surface area contributed by atoms with Crippen LogP contribution in [0.1, 0.15) is 16.1 Å². The second-order valence-corrected chi connectivity index (χ2v) is 4.85. The van der Waals surface area contributed by atoms with Gasteiger partial charge in [0.15, 0.2) is 0 Å². The van der Waals surface area contributed by atoms with Crippen LogP contribution in [0.25, 0.3) is 0 Å². The topological polar surface area (TPSA) is 79.3 Å². The Labute approximate surface area is 126 Å². The second-order valence-electron chi connectivity index (χ2n) is 4.41. The van der Waals surface area contributed by atoms with Crippen LogP contribution in [-0.2, 0) is 11.2 Å². The van der Waals surface area contributed by atoms with E-state index >= 15 is 0 Å². The van der Waals surface area contributed by atoms with E-state index in [1.54, 1.807) is 12.1 Å². The highest BCUT2D eigenvalue weighted by Crippen LogP contribution is 2.09. The monoisotopic (exact) mass is 304 g/mol. The predicted molar refractivity (Wildman–Crippen MR) is 78.3 cm³/mol. The summed E-state index contributed by atoms with van der Waals surface area (Å²) in [5.74, 6) is -1.67. The van der Waals surface area contributed by atoms with E-state index < -0.39 is 17.9 Å². The summed E-state index contributed by atoms with van der Waals surface area (Å²) in [6, 6.07) is 11.0. The van der Waals surface area contributed by atoms with Crippen molar-refractivity contribution in [2.75, 3.05) is 0 Å². The fourth-order valence-electron chi connectivity index (χ4n) is 1.81. The molecule has 1 atom stereocenters. The molecule has 1 aromatic heterocycles. The molecule has 1 aromatic carbocycles. The Morgan fingerprint density at radius 2 is 1.95 bits per heavy atom. The Balaban J connectivity index is 2.10. The Morgan fingerprint density at radius 1 is 1.24 bits per heavy atom. The maximum atomic E-state index is 12.0. The average Bonchev–Trinajstić information content (AvgIpc) is 2.47. The molecule has 0 radical (unpaired) electrons. The van der Waals surface area contributed by atoms with Crippen LogP contribution in [0.2, 0.25) is 5.02 Å². The highest BCUT2D eigenvalue weighted by Gasteiger charge is 2.21. The van der Waals surface area contributed by atoms with Gasteiger partial charge in [-0.15, -0.1) is 0 Å². The first-order valence-corrected chi connectivity index (χ1v) is 6.63. The first-order valence-electron chi connectivity index (χ1n) is 6.25. The van der Waals surface area contributed by atoms with Crippen molar-refractivity contribution in [3.8, 4) is 0 Å². The van der Waals surface area contributed by atoms with Crippen LogP contribution in [0.4, 0.5) is 0 Å². The van der Waals surface area contributed by atoms with Gasteiger partial charge in [0.1, 0.15) is 11.7 Å². The number of carbonyl (C=O) groups is 2. The number of hydrogen-bond donors (Lipinski definition) is 2. The lowest BCUT2D eigenvalue weighted by molar-refractivity contribution is -0.139. The van der Waals surface area contributed by atoms with Gasteiger partial charge in [0.05, 0.1) is 0 Å². The van der Waals surface area contributed by atoms with Gasteiger partial charge in [-0.1, -0.05) is 41.9 Å². The van der Waals surface area contributed by atoms with Crippen LogP contribution in [-0.4, -0.2) is 28.0 Å². The molecule has 0 aliphatic rings. The number of nitrogens with zero attached hydrogens (tertiary/aromatic N) is 1. The van der Waals surface area contributed by atoms with Gasteiger partial charge in [-0.3, -0.25) is 9.78 Å². The lowest BCUT2D eigenvalue weighted by Crippen LogP contribution is -2.42. The fourth-order valence-corrected chi connectivity index (χ4v) is 1.97. The van der Waals surface area contributed by atoms with Crippen LogP contribution in [0, 0.1) is 0 Å². The molecule has 0 spiro atoms. The second kappa shape index (κ2) is 6.85. The molecule has 6 heteroatoms. The summed E-state index contributed by atoms with van der Waals surface area (Å²) in [5, 5.41) is 12.0. The van der Waals surface area contributed by atoms with Crippen molar-refractivity contribution in [1.29, 1.82) is 0 Å². The van der Waals surface area contributed by atoms with Gasteiger partial charge in [-0.25, -0.2) is 4.79 Å². The van der Waals surface area contributed by atoms with E-state index in [0.717, 1.165) is 5.56 Å². The third kappa shape index (κ3) is 4.29. The number of carboxylic acid groups (broad SMARTS) is 1. The maximum Gasteiger partial charge on any atom is 0.326 e. The van der Waals surface area contributed by atoms with Crippen LogP contribution in [0.5, 0.6) is 0 Å². The quantitative estimate of drug-likeness (QED) is 0.887. The lowest BCUT2D eigenvalue weighted by Gasteiger charge is -2.14. The summed E-state index contributed by atoms with van der Waals surface area (Å²) >= 11 is 5.78. The summed E-state index contributed by atoms with van der Waals surface area (Å²) < 4.78 is 0. The zero-order valence-corrected chi connectivity index (χ0v) is 11.7. The van der Waals surface area contributed by atoms with E-state index in [-0.39, 0.29) is 12.1 Å². The van der Waals surface area contributed by atoms with E-state index in [1.165, 1.54) is 18.3 Å². The van der Waals surface area contributed by atoms with Gasteiger partial charge < -0.3 is 10.4 Å². The molecule has 108 valence electrons. The number of aromatic nitrogens is 1. The Kier molecular flexibility index (Phi) is 4.90. The van der Waals surface area contributed by atoms with Crippen molar-refractivity contribution in [3.05, 3.63) is 64.9 Å². The molecule has 2 rings (SSSR count). The molecule has 0 fully saturated rings. The first kappa shape index (κ1) is 15.0. The molecule has 0 saturated carbocycles. The lowest BCUT2D eigenvalue weighted by atomic mass is 10.1. The third-order valence-electron chi connectivity index (χ3n) is 2.84. The van der Waals surface area contributed by atoms with Crippen molar-refractivity contribution in [1.82, 2.24) is 10.3 Å². The molecule has 1 amide bonds. The molecule has 0 unspecified atom stereocenters. The van der Waals surface area contributed by atoms with Crippen molar-refractivity contribution in [3.63, 3.8) is 0 Å². The Bertz CT molecular complexity index is 646. The SMILES string of the molecule is O=C(N[C@H](Cc1ccccc1)C(=O)O)c1cc(Cl)ccn1. The summed E-state index contributed by atoms with van der Waals surface area (Å²) in [6.45, 7) is 0. The molecular weight excluding hydrogens is 292 g/mol. The van der Waals surface area contributed by atoms with E-state index in [4.69, 9.17) is 11.6 Å². The number of rotatable bonds is 5.